The fourth-order valence-corrected chi connectivity index (χ4v) is 1.99. The van der Waals surface area contributed by atoms with Crippen molar-refractivity contribution >= 4 is 5.91 Å². The van der Waals surface area contributed by atoms with E-state index in [-0.39, 0.29) is 12.0 Å². The first-order chi connectivity index (χ1) is 9.58. The molecule has 0 saturated heterocycles. The van der Waals surface area contributed by atoms with Crippen molar-refractivity contribution in [2.45, 2.75) is 19.4 Å². The van der Waals surface area contributed by atoms with Gasteiger partial charge in [0.15, 0.2) is 0 Å². The third kappa shape index (κ3) is 3.48. The Kier molecular flexibility index (Phi) is 4.58. The van der Waals surface area contributed by atoms with Gasteiger partial charge in [0.2, 0.25) is 0 Å². The summed E-state index contributed by atoms with van der Waals surface area (Å²) < 4.78 is 1.99. The van der Waals surface area contributed by atoms with Crippen molar-refractivity contribution in [1.29, 1.82) is 0 Å². The second-order valence-electron chi connectivity index (χ2n) is 5.00. The number of benzene rings is 1. The third-order valence-corrected chi connectivity index (χ3v) is 3.25. The Morgan fingerprint density at radius 1 is 1.25 bits per heavy atom. The number of aromatic nitrogens is 1. The standard InChI is InChI=1S/C16H20N2O2/c1-13(19)9-12-17(2)16(20)14-5-7-15(8-6-14)18-10-3-4-11-18/h3-8,10-11,13,19H,9,12H2,1-2H3. The van der Waals surface area contributed by atoms with Crippen LogP contribution in [0.4, 0.5) is 0 Å². The van der Waals surface area contributed by atoms with Crippen molar-refractivity contribution in [3.63, 3.8) is 0 Å². The number of amides is 1. The summed E-state index contributed by atoms with van der Waals surface area (Å²) in [6.07, 6.45) is 4.13. The monoisotopic (exact) mass is 272 g/mol. The van der Waals surface area contributed by atoms with Crippen LogP contribution in [0.25, 0.3) is 5.69 Å². The molecule has 4 nitrogen and oxygen atoms in total. The molecule has 0 aliphatic heterocycles. The van der Waals surface area contributed by atoms with Gasteiger partial charge in [-0.25, -0.2) is 0 Å². The SMILES string of the molecule is CC(O)CCN(C)C(=O)c1ccc(-n2cccc2)cc1. The van der Waals surface area contributed by atoms with E-state index in [9.17, 15) is 9.90 Å². The molecule has 1 unspecified atom stereocenters. The maximum absolute atomic E-state index is 12.2. The lowest BCUT2D eigenvalue weighted by Crippen LogP contribution is -2.29. The van der Waals surface area contributed by atoms with E-state index < -0.39 is 0 Å². The molecule has 0 aliphatic rings. The lowest BCUT2D eigenvalue weighted by molar-refractivity contribution is 0.0769. The minimum atomic E-state index is -0.388. The van der Waals surface area contributed by atoms with E-state index in [1.165, 1.54) is 0 Å². The zero-order chi connectivity index (χ0) is 14.5. The Balaban J connectivity index is 2.04. The summed E-state index contributed by atoms with van der Waals surface area (Å²) in [4.78, 5) is 13.8. The summed E-state index contributed by atoms with van der Waals surface area (Å²) in [5, 5.41) is 9.25. The maximum atomic E-state index is 12.2. The smallest absolute Gasteiger partial charge is 0.253 e. The Morgan fingerprint density at radius 2 is 1.85 bits per heavy atom. The van der Waals surface area contributed by atoms with Gasteiger partial charge in [-0.15, -0.1) is 0 Å². The molecule has 1 amide bonds. The van der Waals surface area contributed by atoms with Crippen molar-refractivity contribution in [2.75, 3.05) is 13.6 Å². The van der Waals surface area contributed by atoms with Crippen molar-refractivity contribution in [1.82, 2.24) is 9.47 Å². The Hall–Kier alpha value is -2.07. The summed E-state index contributed by atoms with van der Waals surface area (Å²) >= 11 is 0. The molecule has 0 aliphatic carbocycles. The third-order valence-electron chi connectivity index (χ3n) is 3.25. The first kappa shape index (κ1) is 14.3. The normalized spacial score (nSPS) is 12.2. The first-order valence-electron chi connectivity index (χ1n) is 6.75. The molecular weight excluding hydrogens is 252 g/mol. The zero-order valence-corrected chi connectivity index (χ0v) is 11.9. The largest absolute Gasteiger partial charge is 0.393 e. The van der Waals surface area contributed by atoms with Gasteiger partial charge in [-0.3, -0.25) is 4.79 Å². The second-order valence-corrected chi connectivity index (χ2v) is 5.00. The molecular formula is C16H20N2O2. The summed E-state index contributed by atoms with van der Waals surface area (Å²) in [5.41, 5.74) is 1.69. The molecule has 1 atom stereocenters. The molecule has 1 aromatic carbocycles. The van der Waals surface area contributed by atoms with E-state index in [0.29, 0.717) is 18.5 Å². The van der Waals surface area contributed by atoms with Crippen LogP contribution in [0.1, 0.15) is 23.7 Å². The molecule has 0 radical (unpaired) electrons. The molecule has 2 aromatic rings. The molecule has 1 aromatic heterocycles. The average molecular weight is 272 g/mol. The highest BCUT2D eigenvalue weighted by molar-refractivity contribution is 5.94. The number of rotatable bonds is 5. The van der Waals surface area contributed by atoms with Gasteiger partial charge in [0.1, 0.15) is 0 Å². The summed E-state index contributed by atoms with van der Waals surface area (Å²) in [7, 11) is 1.75. The van der Waals surface area contributed by atoms with Gasteiger partial charge in [0.05, 0.1) is 6.10 Å². The van der Waals surface area contributed by atoms with Gasteiger partial charge in [0.25, 0.3) is 5.91 Å². The van der Waals surface area contributed by atoms with Crippen LogP contribution in [0.5, 0.6) is 0 Å². The predicted octanol–water partition coefficient (Wildman–Crippen LogP) is 2.32. The second kappa shape index (κ2) is 6.39. The topological polar surface area (TPSA) is 45.5 Å². The van der Waals surface area contributed by atoms with Crippen molar-refractivity contribution in [3.05, 3.63) is 54.4 Å². The van der Waals surface area contributed by atoms with Crippen LogP contribution in [-0.4, -0.2) is 40.2 Å². The molecule has 1 N–H and O–H groups in total. The van der Waals surface area contributed by atoms with E-state index in [4.69, 9.17) is 0 Å². The van der Waals surface area contributed by atoms with Crippen LogP contribution in [0, 0.1) is 0 Å². The van der Waals surface area contributed by atoms with Crippen LogP contribution in [0.3, 0.4) is 0 Å². The van der Waals surface area contributed by atoms with Gasteiger partial charge in [-0.1, -0.05) is 0 Å². The van der Waals surface area contributed by atoms with Crippen molar-refractivity contribution in [3.8, 4) is 5.69 Å². The summed E-state index contributed by atoms with van der Waals surface area (Å²) in [6.45, 7) is 2.28. The molecule has 1 heterocycles. The highest BCUT2D eigenvalue weighted by Crippen LogP contribution is 2.11. The fraction of sp³-hybridized carbons (Fsp3) is 0.312. The van der Waals surface area contributed by atoms with E-state index in [2.05, 4.69) is 0 Å². The predicted molar refractivity (Wildman–Crippen MR) is 79.0 cm³/mol. The van der Waals surface area contributed by atoms with Crippen molar-refractivity contribution < 1.29 is 9.90 Å². The van der Waals surface area contributed by atoms with Crippen LogP contribution in [0.15, 0.2) is 48.8 Å². The van der Waals surface area contributed by atoms with E-state index in [1.54, 1.807) is 18.9 Å². The molecule has 0 bridgehead atoms. The number of carbonyl (C=O) groups is 1. The lowest BCUT2D eigenvalue weighted by atomic mass is 10.1. The average Bonchev–Trinajstić information content (AvgIpc) is 2.98. The van der Waals surface area contributed by atoms with Gasteiger partial charge in [0, 0.05) is 37.2 Å². The fourth-order valence-electron chi connectivity index (χ4n) is 1.99. The van der Waals surface area contributed by atoms with Crippen LogP contribution < -0.4 is 0 Å². The van der Waals surface area contributed by atoms with Crippen LogP contribution in [0.2, 0.25) is 0 Å². The van der Waals surface area contributed by atoms with E-state index >= 15 is 0 Å². The molecule has 4 heteroatoms. The molecule has 106 valence electrons. The van der Waals surface area contributed by atoms with Gasteiger partial charge >= 0.3 is 0 Å². The molecule has 0 spiro atoms. The Morgan fingerprint density at radius 3 is 2.40 bits per heavy atom. The lowest BCUT2D eigenvalue weighted by Gasteiger charge is -2.18. The number of aliphatic hydroxyl groups is 1. The van der Waals surface area contributed by atoms with Gasteiger partial charge in [-0.2, -0.15) is 0 Å². The molecule has 0 saturated carbocycles. The van der Waals surface area contributed by atoms with E-state index in [1.807, 2.05) is 53.4 Å². The zero-order valence-electron chi connectivity index (χ0n) is 11.9. The Labute approximate surface area is 119 Å². The number of carbonyl (C=O) groups excluding carboxylic acids is 1. The highest BCUT2D eigenvalue weighted by Gasteiger charge is 2.12. The van der Waals surface area contributed by atoms with Gasteiger partial charge in [-0.05, 0) is 49.7 Å². The number of aliphatic hydroxyl groups excluding tert-OH is 1. The quantitative estimate of drug-likeness (QED) is 0.908. The number of hydrogen-bond donors (Lipinski definition) is 1. The molecule has 20 heavy (non-hydrogen) atoms. The van der Waals surface area contributed by atoms with Crippen LogP contribution in [-0.2, 0) is 0 Å². The first-order valence-corrected chi connectivity index (χ1v) is 6.75. The summed E-state index contributed by atoms with van der Waals surface area (Å²) in [6, 6.07) is 11.4. The molecule has 2 rings (SSSR count). The minimum absolute atomic E-state index is 0.0234. The highest BCUT2D eigenvalue weighted by atomic mass is 16.3. The van der Waals surface area contributed by atoms with Crippen molar-refractivity contribution in [2.24, 2.45) is 0 Å². The maximum Gasteiger partial charge on any atom is 0.253 e. The Bertz CT molecular complexity index is 544. The number of hydrogen-bond acceptors (Lipinski definition) is 2. The van der Waals surface area contributed by atoms with Crippen LogP contribution >= 0.6 is 0 Å². The minimum Gasteiger partial charge on any atom is -0.393 e. The molecule has 0 fully saturated rings. The summed E-state index contributed by atoms with van der Waals surface area (Å²) in [5.74, 6) is -0.0234. The van der Waals surface area contributed by atoms with E-state index in [0.717, 1.165) is 5.69 Å². The number of nitrogens with zero attached hydrogens (tertiary/aromatic N) is 2. The van der Waals surface area contributed by atoms with Gasteiger partial charge < -0.3 is 14.6 Å².